The lowest BCUT2D eigenvalue weighted by molar-refractivity contribution is -0.143. The number of nitrogens with two attached hydrogens (primary N) is 4. The molecule has 2 rings (SSSR count). The van der Waals surface area contributed by atoms with Crippen molar-refractivity contribution in [1.82, 2.24) is 37.2 Å². The number of nitrogens with zero attached hydrogens (tertiary/aromatic N) is 1. The van der Waals surface area contributed by atoms with Gasteiger partial charge in [-0.25, -0.2) is 4.79 Å². The summed E-state index contributed by atoms with van der Waals surface area (Å²) in [6.07, 6.45) is -1.96. The summed E-state index contributed by atoms with van der Waals surface area (Å²) in [6.45, 7) is 3.61. The van der Waals surface area contributed by atoms with Gasteiger partial charge in [-0.3, -0.25) is 43.3 Å². The molecule has 2 aromatic carbocycles. The van der Waals surface area contributed by atoms with E-state index in [9.17, 15) is 68.7 Å². The van der Waals surface area contributed by atoms with Gasteiger partial charge in [0.1, 0.15) is 48.0 Å². The SMILES string of the molecule is CC(C)C(NC(=O)C(CCCN=C(N)N)NC(=O)C(Cc1ccc(O)cc1)NC(=O)C(CO)NC(=O)C(CCC(=O)O)NC(=O)C(Cc1ccccc1)NC(=O)C(NC(=O)C(N)CCCCN)C(C)O)C(=O)O. The van der Waals surface area contributed by atoms with Crippen LogP contribution in [0.1, 0.15) is 76.8 Å². The van der Waals surface area contributed by atoms with Crippen LogP contribution in [-0.4, -0.2) is 159 Å². The lowest BCUT2D eigenvalue weighted by Gasteiger charge is -2.28. The number of nitrogens with one attached hydrogen (secondary N) is 7. The average Bonchev–Trinajstić information content (AvgIpc) is 3.33. The van der Waals surface area contributed by atoms with Gasteiger partial charge in [-0.05, 0) is 74.8 Å². The number of carbonyl (C=O) groups excluding carboxylic acids is 7. The smallest absolute Gasteiger partial charge is 0.326 e. The highest BCUT2D eigenvalue weighted by Crippen LogP contribution is 2.14. The van der Waals surface area contributed by atoms with Crippen LogP contribution < -0.4 is 60.2 Å². The summed E-state index contributed by atoms with van der Waals surface area (Å²) in [7, 11) is 0. The topological polar surface area (TPSA) is 455 Å². The minimum Gasteiger partial charge on any atom is -0.508 e. The Balaban J connectivity index is 2.46. The molecular weight excluding hydrogens is 957 g/mol. The van der Waals surface area contributed by atoms with E-state index in [0.29, 0.717) is 30.5 Å². The summed E-state index contributed by atoms with van der Waals surface area (Å²) in [5.41, 5.74) is 23.2. The van der Waals surface area contributed by atoms with Gasteiger partial charge < -0.3 is 85.7 Å². The van der Waals surface area contributed by atoms with Crippen molar-refractivity contribution in [2.75, 3.05) is 19.7 Å². The van der Waals surface area contributed by atoms with Crippen LogP contribution >= 0.6 is 0 Å². The van der Waals surface area contributed by atoms with E-state index in [2.05, 4.69) is 42.2 Å². The van der Waals surface area contributed by atoms with Crippen LogP contribution in [-0.2, 0) is 56.0 Å². The van der Waals surface area contributed by atoms with E-state index in [-0.39, 0.29) is 50.4 Å². The third-order valence-corrected chi connectivity index (χ3v) is 11.2. The predicted octanol–water partition coefficient (Wildman–Crippen LogP) is -3.94. The lowest BCUT2D eigenvalue weighted by atomic mass is 10.0. The Labute approximate surface area is 422 Å². The molecular formula is C47H72N12O14. The van der Waals surface area contributed by atoms with Crippen molar-refractivity contribution in [3.8, 4) is 5.75 Å². The van der Waals surface area contributed by atoms with Crippen molar-refractivity contribution >= 4 is 59.2 Å². The van der Waals surface area contributed by atoms with Crippen molar-refractivity contribution in [2.24, 2.45) is 33.8 Å². The number of aliphatic hydroxyl groups is 2. The summed E-state index contributed by atoms with van der Waals surface area (Å²) in [4.78, 5) is 124. The number of carboxylic acid groups (broad SMARTS) is 2. The van der Waals surface area contributed by atoms with Gasteiger partial charge in [0.05, 0.1) is 18.8 Å². The second kappa shape index (κ2) is 31.8. The molecule has 0 fully saturated rings. The van der Waals surface area contributed by atoms with Gasteiger partial charge in [0.15, 0.2) is 5.96 Å². The zero-order valence-electron chi connectivity index (χ0n) is 41.1. The lowest BCUT2D eigenvalue weighted by Crippen LogP contribution is -2.62. The average molecular weight is 1030 g/mol. The van der Waals surface area contributed by atoms with E-state index in [4.69, 9.17) is 22.9 Å². The minimum absolute atomic E-state index is 0.0194. The van der Waals surface area contributed by atoms with Crippen LogP contribution in [0.2, 0.25) is 0 Å². The summed E-state index contributed by atoms with van der Waals surface area (Å²) in [5, 5.41) is 67.0. The third kappa shape index (κ3) is 22.7. The first kappa shape index (κ1) is 61.7. The molecule has 73 heavy (non-hydrogen) atoms. The van der Waals surface area contributed by atoms with Crippen LogP contribution in [0.15, 0.2) is 59.6 Å². The fourth-order valence-electron chi connectivity index (χ4n) is 7.06. The number of benzene rings is 2. The Kier molecular flexibility index (Phi) is 26.9. The molecule has 0 saturated heterocycles. The number of carbonyl (C=O) groups is 9. The van der Waals surface area contributed by atoms with E-state index < -0.39 is 133 Å². The van der Waals surface area contributed by atoms with Gasteiger partial charge in [0.25, 0.3) is 0 Å². The number of guanidine groups is 1. The number of phenols is 1. The number of rotatable bonds is 33. The molecule has 0 bridgehead atoms. The van der Waals surface area contributed by atoms with Crippen molar-refractivity contribution < 1.29 is 68.7 Å². The highest BCUT2D eigenvalue weighted by atomic mass is 16.4. The van der Waals surface area contributed by atoms with Crippen molar-refractivity contribution in [2.45, 2.75) is 133 Å². The number of aliphatic imine (C=N–C) groups is 1. The molecule has 26 heteroatoms. The van der Waals surface area contributed by atoms with Crippen LogP contribution in [0.4, 0.5) is 0 Å². The van der Waals surface area contributed by atoms with Gasteiger partial charge >= 0.3 is 11.9 Å². The maximum Gasteiger partial charge on any atom is 0.326 e. The molecule has 26 nitrogen and oxygen atoms in total. The highest BCUT2D eigenvalue weighted by Gasteiger charge is 2.36. The van der Waals surface area contributed by atoms with Gasteiger partial charge in [-0.1, -0.05) is 62.7 Å². The number of hydrogen-bond acceptors (Lipinski definition) is 15. The highest BCUT2D eigenvalue weighted by molar-refractivity contribution is 5.98. The molecule has 0 spiro atoms. The summed E-state index contributed by atoms with van der Waals surface area (Å²) < 4.78 is 0. The number of carboxylic acids is 2. The number of amides is 7. The van der Waals surface area contributed by atoms with Crippen LogP contribution in [0.5, 0.6) is 5.75 Å². The Morgan fingerprint density at radius 3 is 1.56 bits per heavy atom. The second-order valence-electron chi connectivity index (χ2n) is 17.6. The molecule has 20 N–H and O–H groups in total. The van der Waals surface area contributed by atoms with Crippen molar-refractivity contribution in [3.05, 3.63) is 65.7 Å². The summed E-state index contributed by atoms with van der Waals surface area (Å²) >= 11 is 0. The Bertz CT molecular complexity index is 2180. The zero-order chi connectivity index (χ0) is 54.8. The first-order valence-electron chi connectivity index (χ1n) is 23.7. The summed E-state index contributed by atoms with van der Waals surface area (Å²) in [5.74, 6) is -10.7. The Morgan fingerprint density at radius 1 is 0.575 bits per heavy atom. The van der Waals surface area contributed by atoms with Gasteiger partial charge in [-0.2, -0.15) is 0 Å². The van der Waals surface area contributed by atoms with Crippen molar-refractivity contribution in [3.63, 3.8) is 0 Å². The van der Waals surface area contributed by atoms with Crippen molar-refractivity contribution in [1.29, 1.82) is 0 Å². The molecule has 0 aromatic heterocycles. The molecule has 0 aliphatic rings. The standard InChI is InChI=1S/C47H72N12O14/c1-25(2)37(46(72)73)58-41(67)31(13-9-21-52-47(50)51)53-42(68)33(23-28-14-16-29(62)17-15-28)55-44(70)35(24-60)57-40(66)32(18-19-36(63)64)54-43(69)34(22-27-10-5-4-6-11-27)56-45(71)38(26(3)61)59-39(65)30(49)12-7-8-20-48/h4-6,10-11,14-17,25-26,30-35,37-38,60-62H,7-9,12-13,18-24,48-49H2,1-3H3,(H,53,68)(H,54,69)(H,55,70)(H,56,71)(H,57,66)(H,58,67)(H,59,65)(H,63,64)(H,72,73)(H4,50,51,52). The fourth-order valence-corrected chi connectivity index (χ4v) is 7.06. The molecule has 0 aliphatic heterocycles. The number of phenolic OH excluding ortho intramolecular Hbond substituents is 1. The third-order valence-electron chi connectivity index (χ3n) is 11.2. The molecule has 0 heterocycles. The van der Waals surface area contributed by atoms with Crippen LogP contribution in [0.25, 0.3) is 0 Å². The number of aliphatic hydroxyl groups excluding tert-OH is 2. The second-order valence-corrected chi connectivity index (χ2v) is 17.6. The number of unbranched alkanes of at least 4 members (excludes halogenated alkanes) is 1. The number of hydrogen-bond donors (Lipinski definition) is 16. The molecule has 0 radical (unpaired) electrons. The molecule has 0 saturated carbocycles. The quantitative estimate of drug-likeness (QED) is 0.0184. The molecule has 7 amide bonds. The largest absolute Gasteiger partial charge is 0.508 e. The fraction of sp³-hybridized carbons (Fsp3) is 0.532. The zero-order valence-corrected chi connectivity index (χ0v) is 41.1. The van der Waals surface area contributed by atoms with E-state index in [1.54, 1.807) is 44.2 Å². The van der Waals surface area contributed by atoms with Crippen LogP contribution in [0, 0.1) is 5.92 Å². The van der Waals surface area contributed by atoms with Crippen LogP contribution in [0.3, 0.4) is 0 Å². The minimum atomic E-state index is -1.87. The molecule has 0 aliphatic carbocycles. The Morgan fingerprint density at radius 2 is 1.05 bits per heavy atom. The van der Waals surface area contributed by atoms with Gasteiger partial charge in [0.2, 0.25) is 41.4 Å². The van der Waals surface area contributed by atoms with Gasteiger partial charge in [0, 0.05) is 25.8 Å². The molecule has 2 aromatic rings. The van der Waals surface area contributed by atoms with E-state index in [0.717, 1.165) is 0 Å². The molecule has 9 unspecified atom stereocenters. The maximum atomic E-state index is 14.1. The Hall–Kier alpha value is -7.42. The first-order chi connectivity index (χ1) is 34.5. The van der Waals surface area contributed by atoms with E-state index >= 15 is 0 Å². The number of aromatic hydroxyl groups is 1. The molecule has 9 atom stereocenters. The van der Waals surface area contributed by atoms with E-state index in [1.807, 2.05) is 0 Å². The number of aliphatic carboxylic acids is 2. The summed E-state index contributed by atoms with van der Waals surface area (Å²) in [6, 6.07) is 1.55. The predicted molar refractivity (Wildman–Crippen MR) is 264 cm³/mol. The maximum absolute atomic E-state index is 14.1. The monoisotopic (exact) mass is 1030 g/mol. The molecule has 404 valence electrons. The normalized spacial score (nSPS) is 14.7. The van der Waals surface area contributed by atoms with E-state index in [1.165, 1.54) is 31.2 Å². The first-order valence-corrected chi connectivity index (χ1v) is 23.7. The van der Waals surface area contributed by atoms with Gasteiger partial charge in [-0.15, -0.1) is 0 Å².